The molecule has 0 spiro atoms. The number of fused-ring (bicyclic) bond motifs is 2. The fourth-order valence-corrected chi connectivity index (χ4v) is 4.42. The van der Waals surface area contributed by atoms with Crippen LogP contribution in [0.15, 0.2) is 51.8 Å². The Labute approximate surface area is 211 Å². The summed E-state index contributed by atoms with van der Waals surface area (Å²) < 4.78 is 17.7. The zero-order valence-electron chi connectivity index (χ0n) is 20.0. The number of carbonyl (C=O) groups excluding carboxylic acids is 1. The number of rotatable bonds is 10. The van der Waals surface area contributed by atoms with Crippen LogP contribution in [0.1, 0.15) is 36.2 Å². The van der Waals surface area contributed by atoms with Gasteiger partial charge in [-0.25, -0.2) is 4.68 Å². The van der Waals surface area contributed by atoms with Gasteiger partial charge in [0.1, 0.15) is 11.3 Å². The van der Waals surface area contributed by atoms with Gasteiger partial charge in [-0.05, 0) is 49.4 Å². The Hall–Kier alpha value is -4.12. The molecule has 0 amide bonds. The summed E-state index contributed by atoms with van der Waals surface area (Å²) in [5.74, 6) is -1.60. The number of ether oxygens (including phenoxy) is 2. The number of aryl methyl sites for hydroxylation is 1. The van der Waals surface area contributed by atoms with Gasteiger partial charge in [-0.1, -0.05) is 22.5 Å². The number of carboxylic acid groups (broad SMARTS) is 1. The predicted molar refractivity (Wildman–Crippen MR) is 132 cm³/mol. The average molecular weight is 507 g/mol. The molecule has 11 nitrogen and oxygen atoms in total. The molecule has 1 N–H and O–H groups in total. The van der Waals surface area contributed by atoms with E-state index >= 15 is 0 Å². The van der Waals surface area contributed by atoms with Crippen LogP contribution >= 0.6 is 0 Å². The van der Waals surface area contributed by atoms with Gasteiger partial charge < -0.3 is 19.1 Å². The van der Waals surface area contributed by atoms with Crippen molar-refractivity contribution in [3.8, 4) is 5.75 Å². The maximum atomic E-state index is 13.0. The molecule has 0 bridgehead atoms. The normalized spacial score (nSPS) is 15.1. The number of aromatic nitrogens is 4. The zero-order valence-corrected chi connectivity index (χ0v) is 20.0. The molecule has 1 fully saturated rings. The molecule has 192 valence electrons. The number of Topliss-reactive ketones (excluding diaryl/α,β-unsaturated/α-hetero) is 1. The van der Waals surface area contributed by atoms with Gasteiger partial charge >= 0.3 is 5.97 Å². The van der Waals surface area contributed by atoms with E-state index in [1.54, 1.807) is 42.5 Å². The molecule has 4 aromatic rings. The van der Waals surface area contributed by atoms with Crippen molar-refractivity contribution in [3.63, 3.8) is 0 Å². The maximum Gasteiger partial charge on any atom is 0.307 e. The van der Waals surface area contributed by atoms with E-state index < -0.39 is 17.7 Å². The third kappa shape index (κ3) is 5.51. The summed E-state index contributed by atoms with van der Waals surface area (Å²) in [6, 6.07) is 11.9. The molecule has 2 aromatic heterocycles. The SMILES string of the molecule is O=C(C[C@H](CCn1nnc2ccccc2c1=O)C(=O)O)c1noc2cc(OCC3CCOCC3)ccc12. The largest absolute Gasteiger partial charge is 0.493 e. The second-order valence-electron chi connectivity index (χ2n) is 9.14. The molecule has 0 radical (unpaired) electrons. The molecule has 5 rings (SSSR count). The van der Waals surface area contributed by atoms with Gasteiger partial charge in [-0.15, -0.1) is 5.10 Å². The van der Waals surface area contributed by atoms with E-state index in [4.69, 9.17) is 14.0 Å². The van der Waals surface area contributed by atoms with E-state index in [1.165, 1.54) is 0 Å². The van der Waals surface area contributed by atoms with Gasteiger partial charge in [0, 0.05) is 32.2 Å². The first-order valence-corrected chi connectivity index (χ1v) is 12.2. The highest BCUT2D eigenvalue weighted by molar-refractivity contribution is 6.06. The number of carbonyl (C=O) groups is 2. The minimum Gasteiger partial charge on any atom is -0.493 e. The van der Waals surface area contributed by atoms with Crippen LogP contribution in [0, 0.1) is 11.8 Å². The lowest BCUT2D eigenvalue weighted by Crippen LogP contribution is -2.27. The molecule has 2 aromatic carbocycles. The highest BCUT2D eigenvalue weighted by Crippen LogP contribution is 2.27. The third-order valence-corrected chi connectivity index (χ3v) is 6.63. The van der Waals surface area contributed by atoms with Crippen molar-refractivity contribution < 1.29 is 28.7 Å². The first kappa shape index (κ1) is 24.6. The summed E-state index contributed by atoms with van der Waals surface area (Å²) in [5.41, 5.74) is 0.555. The molecule has 1 saturated heterocycles. The van der Waals surface area contributed by atoms with Crippen molar-refractivity contribution in [3.05, 3.63) is 58.5 Å². The topological polar surface area (TPSA) is 147 Å². The second-order valence-corrected chi connectivity index (χ2v) is 9.14. The number of carboxylic acids is 1. The number of hydrogen-bond acceptors (Lipinski definition) is 9. The number of aliphatic carboxylic acids is 1. The van der Waals surface area contributed by atoms with E-state index in [-0.39, 0.29) is 30.6 Å². The fraction of sp³-hybridized carbons (Fsp3) is 0.385. The highest BCUT2D eigenvalue weighted by Gasteiger charge is 2.26. The number of ketones is 1. The minimum absolute atomic E-state index is 0.00823. The minimum atomic E-state index is -1.15. The first-order valence-electron chi connectivity index (χ1n) is 12.2. The van der Waals surface area contributed by atoms with Crippen LogP contribution in [0.5, 0.6) is 5.75 Å². The lowest BCUT2D eigenvalue weighted by molar-refractivity contribution is -0.142. The molecular weight excluding hydrogens is 480 g/mol. The Morgan fingerprint density at radius 2 is 1.95 bits per heavy atom. The van der Waals surface area contributed by atoms with Crippen LogP contribution in [0.3, 0.4) is 0 Å². The van der Waals surface area contributed by atoms with Gasteiger partial charge in [-0.3, -0.25) is 14.4 Å². The van der Waals surface area contributed by atoms with Gasteiger partial charge in [-0.2, -0.15) is 0 Å². The van der Waals surface area contributed by atoms with Crippen molar-refractivity contribution >= 4 is 33.6 Å². The molecule has 1 aliphatic heterocycles. The summed E-state index contributed by atoms with van der Waals surface area (Å²) in [6.45, 7) is 2.06. The van der Waals surface area contributed by atoms with Gasteiger partial charge in [0.15, 0.2) is 17.1 Å². The predicted octanol–water partition coefficient (Wildman–Crippen LogP) is 3.10. The Bertz CT molecular complexity index is 1490. The van der Waals surface area contributed by atoms with Crippen molar-refractivity contribution in [2.24, 2.45) is 11.8 Å². The molecule has 11 heteroatoms. The summed E-state index contributed by atoms with van der Waals surface area (Å²) in [6.07, 6.45) is 1.63. The van der Waals surface area contributed by atoms with Crippen LogP contribution in [-0.2, 0) is 16.1 Å². The van der Waals surface area contributed by atoms with Crippen molar-refractivity contribution in [1.29, 1.82) is 0 Å². The van der Waals surface area contributed by atoms with Crippen LogP contribution in [0.25, 0.3) is 21.9 Å². The Morgan fingerprint density at radius 3 is 2.76 bits per heavy atom. The zero-order chi connectivity index (χ0) is 25.8. The highest BCUT2D eigenvalue weighted by atomic mass is 16.5. The van der Waals surface area contributed by atoms with E-state index in [1.807, 2.05) is 0 Å². The van der Waals surface area contributed by atoms with Gasteiger partial charge in [0.2, 0.25) is 0 Å². The quantitative estimate of drug-likeness (QED) is 0.318. The number of benzene rings is 2. The molecule has 0 saturated carbocycles. The van der Waals surface area contributed by atoms with Gasteiger partial charge in [0.05, 0.1) is 23.3 Å². The Morgan fingerprint density at radius 1 is 1.14 bits per heavy atom. The number of hydrogen-bond donors (Lipinski definition) is 1. The van der Waals surface area contributed by atoms with Crippen molar-refractivity contribution in [2.45, 2.75) is 32.2 Å². The lowest BCUT2D eigenvalue weighted by Gasteiger charge is -2.21. The Balaban J connectivity index is 1.24. The maximum absolute atomic E-state index is 13.0. The lowest BCUT2D eigenvalue weighted by atomic mass is 9.96. The first-order chi connectivity index (χ1) is 18.0. The van der Waals surface area contributed by atoms with Crippen LogP contribution < -0.4 is 10.3 Å². The van der Waals surface area contributed by atoms with E-state index in [0.29, 0.717) is 40.1 Å². The smallest absolute Gasteiger partial charge is 0.307 e. The van der Waals surface area contributed by atoms with E-state index in [2.05, 4.69) is 15.5 Å². The summed E-state index contributed by atoms with van der Waals surface area (Å²) in [4.78, 5) is 37.5. The molecule has 0 aliphatic carbocycles. The average Bonchev–Trinajstić information content (AvgIpc) is 3.35. The van der Waals surface area contributed by atoms with Crippen molar-refractivity contribution in [2.75, 3.05) is 19.8 Å². The van der Waals surface area contributed by atoms with Crippen molar-refractivity contribution in [1.82, 2.24) is 20.2 Å². The molecule has 1 aliphatic rings. The van der Waals surface area contributed by atoms with Crippen LogP contribution in [0.4, 0.5) is 0 Å². The third-order valence-electron chi connectivity index (χ3n) is 6.63. The van der Waals surface area contributed by atoms with E-state index in [0.717, 1.165) is 30.7 Å². The van der Waals surface area contributed by atoms with Crippen LogP contribution in [0.2, 0.25) is 0 Å². The summed E-state index contributed by atoms with van der Waals surface area (Å²) in [7, 11) is 0. The second kappa shape index (κ2) is 10.9. The molecular formula is C26H26N4O7. The number of nitrogens with zero attached hydrogens (tertiary/aromatic N) is 4. The Kier molecular flexibility index (Phi) is 7.22. The standard InChI is InChI=1S/C26H26N4O7/c31-22(13-17(26(33)34)7-10-30-25(32)19-3-1-2-4-21(19)27-29-30)24-20-6-5-18(14-23(20)37-28-24)36-15-16-8-11-35-12-9-16/h1-6,14,16-17H,7-13,15H2,(H,33,34)/t17-/m0/s1. The van der Waals surface area contributed by atoms with E-state index in [9.17, 15) is 19.5 Å². The molecule has 1 atom stereocenters. The molecule has 37 heavy (non-hydrogen) atoms. The van der Waals surface area contributed by atoms with Gasteiger partial charge in [0.25, 0.3) is 5.56 Å². The monoisotopic (exact) mass is 506 g/mol. The fourth-order valence-electron chi connectivity index (χ4n) is 4.42. The molecule has 0 unspecified atom stereocenters. The van der Waals surface area contributed by atoms with Crippen LogP contribution in [-0.4, -0.2) is 56.8 Å². The summed E-state index contributed by atoms with van der Waals surface area (Å²) >= 11 is 0. The molecule has 3 heterocycles. The summed E-state index contributed by atoms with van der Waals surface area (Å²) in [5, 5.41) is 22.4.